The zero-order valence-electron chi connectivity index (χ0n) is 9.19. The molecule has 82 valence electrons. The molecular formula is C11H18N4. The average Bonchev–Trinajstić information content (AvgIpc) is 2.31. The van der Waals surface area contributed by atoms with Crippen LogP contribution in [-0.4, -0.2) is 36.9 Å². The zero-order valence-corrected chi connectivity index (χ0v) is 9.19. The molecule has 1 aliphatic heterocycles. The predicted molar refractivity (Wildman–Crippen MR) is 60.9 cm³/mol. The van der Waals surface area contributed by atoms with Crippen molar-refractivity contribution in [2.45, 2.75) is 12.8 Å². The number of rotatable bonds is 3. The molecule has 1 N–H and O–H groups in total. The second-order valence-electron chi connectivity index (χ2n) is 4.16. The maximum atomic E-state index is 4.10. The molecule has 15 heavy (non-hydrogen) atoms. The van der Waals surface area contributed by atoms with E-state index in [4.69, 9.17) is 0 Å². The van der Waals surface area contributed by atoms with Crippen molar-refractivity contribution in [2.75, 3.05) is 31.6 Å². The van der Waals surface area contributed by atoms with E-state index >= 15 is 0 Å². The van der Waals surface area contributed by atoms with Crippen LogP contribution in [-0.2, 0) is 0 Å². The Hall–Kier alpha value is -1.16. The highest BCUT2D eigenvalue weighted by Gasteiger charge is 2.15. The first-order valence-electron chi connectivity index (χ1n) is 5.56. The van der Waals surface area contributed by atoms with Crippen LogP contribution in [0.3, 0.4) is 0 Å². The highest BCUT2D eigenvalue weighted by atomic mass is 15.2. The third-order valence-electron chi connectivity index (χ3n) is 2.94. The Morgan fingerprint density at radius 2 is 2.27 bits per heavy atom. The molecule has 0 radical (unpaired) electrons. The van der Waals surface area contributed by atoms with E-state index < -0.39 is 0 Å². The number of aromatic nitrogens is 2. The van der Waals surface area contributed by atoms with Gasteiger partial charge in [-0.3, -0.25) is 0 Å². The van der Waals surface area contributed by atoms with Gasteiger partial charge in [0.2, 0.25) is 0 Å². The second kappa shape index (κ2) is 5.07. The van der Waals surface area contributed by atoms with Gasteiger partial charge in [0, 0.05) is 19.8 Å². The van der Waals surface area contributed by atoms with Gasteiger partial charge in [-0.15, -0.1) is 5.10 Å². The number of hydrogen-bond acceptors (Lipinski definition) is 4. The Labute approximate surface area is 90.7 Å². The van der Waals surface area contributed by atoms with E-state index in [1.165, 1.54) is 12.8 Å². The van der Waals surface area contributed by atoms with Crippen LogP contribution in [0.2, 0.25) is 0 Å². The van der Waals surface area contributed by atoms with E-state index in [1.807, 2.05) is 12.1 Å². The third kappa shape index (κ3) is 2.89. The molecule has 1 aromatic heterocycles. The molecule has 0 atom stereocenters. The highest BCUT2D eigenvalue weighted by Crippen LogP contribution is 2.15. The molecule has 0 saturated carbocycles. The number of hydrogen-bond donors (Lipinski definition) is 1. The summed E-state index contributed by atoms with van der Waals surface area (Å²) in [5.74, 6) is 1.76. The van der Waals surface area contributed by atoms with Crippen molar-refractivity contribution in [2.24, 2.45) is 5.92 Å². The van der Waals surface area contributed by atoms with Gasteiger partial charge in [-0.05, 0) is 44.0 Å². The lowest BCUT2D eigenvalue weighted by Crippen LogP contribution is -2.34. The molecule has 0 aliphatic carbocycles. The van der Waals surface area contributed by atoms with Crippen LogP contribution in [0.15, 0.2) is 18.3 Å². The fraction of sp³-hybridized carbons (Fsp3) is 0.636. The lowest BCUT2D eigenvalue weighted by molar-refractivity contribution is 0.377. The van der Waals surface area contributed by atoms with Crippen molar-refractivity contribution in [3.05, 3.63) is 18.3 Å². The van der Waals surface area contributed by atoms with Gasteiger partial charge in [0.1, 0.15) is 0 Å². The Morgan fingerprint density at radius 3 is 2.93 bits per heavy atom. The largest absolute Gasteiger partial charge is 0.358 e. The van der Waals surface area contributed by atoms with Crippen molar-refractivity contribution in [3.63, 3.8) is 0 Å². The molecule has 0 amide bonds. The first-order chi connectivity index (χ1) is 7.36. The Morgan fingerprint density at radius 1 is 1.47 bits per heavy atom. The first-order valence-corrected chi connectivity index (χ1v) is 5.56. The number of anilines is 1. The molecule has 2 heterocycles. The van der Waals surface area contributed by atoms with Crippen LogP contribution in [0.25, 0.3) is 0 Å². The van der Waals surface area contributed by atoms with E-state index in [1.54, 1.807) is 6.20 Å². The standard InChI is InChI=1S/C11H18N4/c1-15(11-3-2-6-13-14-11)9-10-4-7-12-8-5-10/h2-3,6,10,12H,4-5,7-9H2,1H3. The number of nitrogens with zero attached hydrogens (tertiary/aromatic N) is 3. The topological polar surface area (TPSA) is 41.0 Å². The fourth-order valence-corrected chi connectivity index (χ4v) is 2.04. The maximum absolute atomic E-state index is 4.10. The normalized spacial score (nSPS) is 17.7. The maximum Gasteiger partial charge on any atom is 0.150 e. The van der Waals surface area contributed by atoms with Crippen molar-refractivity contribution in [1.29, 1.82) is 0 Å². The Bertz CT molecular complexity index is 282. The van der Waals surface area contributed by atoms with E-state index in [9.17, 15) is 0 Å². The summed E-state index contributed by atoms with van der Waals surface area (Å²) >= 11 is 0. The molecule has 1 saturated heterocycles. The van der Waals surface area contributed by atoms with Gasteiger partial charge in [-0.25, -0.2) is 0 Å². The smallest absolute Gasteiger partial charge is 0.150 e. The number of piperidine rings is 1. The first kappa shape index (κ1) is 10.4. The third-order valence-corrected chi connectivity index (χ3v) is 2.94. The van der Waals surface area contributed by atoms with E-state index in [2.05, 4.69) is 27.5 Å². The average molecular weight is 206 g/mol. The number of nitrogens with one attached hydrogen (secondary N) is 1. The van der Waals surface area contributed by atoms with Gasteiger partial charge in [0.25, 0.3) is 0 Å². The minimum absolute atomic E-state index is 0.790. The summed E-state index contributed by atoms with van der Waals surface area (Å²) in [6, 6.07) is 3.94. The molecule has 1 aromatic rings. The highest BCUT2D eigenvalue weighted by molar-refractivity contribution is 5.34. The summed E-state index contributed by atoms with van der Waals surface area (Å²) in [7, 11) is 2.09. The molecule has 0 spiro atoms. The van der Waals surface area contributed by atoms with E-state index in [-0.39, 0.29) is 0 Å². The summed E-state index contributed by atoms with van der Waals surface area (Å²) < 4.78 is 0. The summed E-state index contributed by atoms with van der Waals surface area (Å²) in [6.07, 6.45) is 4.25. The van der Waals surface area contributed by atoms with E-state index in [0.717, 1.165) is 31.4 Å². The summed E-state index contributed by atoms with van der Waals surface area (Å²) in [5.41, 5.74) is 0. The fourth-order valence-electron chi connectivity index (χ4n) is 2.04. The van der Waals surface area contributed by atoms with Gasteiger partial charge in [-0.1, -0.05) is 0 Å². The van der Waals surface area contributed by atoms with Gasteiger partial charge >= 0.3 is 0 Å². The molecule has 0 bridgehead atoms. The van der Waals surface area contributed by atoms with Gasteiger partial charge < -0.3 is 10.2 Å². The van der Waals surface area contributed by atoms with Crippen LogP contribution >= 0.6 is 0 Å². The van der Waals surface area contributed by atoms with Crippen molar-refractivity contribution in [3.8, 4) is 0 Å². The van der Waals surface area contributed by atoms with Crippen LogP contribution in [0.4, 0.5) is 5.82 Å². The lowest BCUT2D eigenvalue weighted by atomic mass is 9.98. The zero-order chi connectivity index (χ0) is 10.5. The van der Waals surface area contributed by atoms with Crippen molar-refractivity contribution >= 4 is 5.82 Å². The van der Waals surface area contributed by atoms with Crippen LogP contribution < -0.4 is 10.2 Å². The molecular weight excluding hydrogens is 188 g/mol. The molecule has 4 heteroatoms. The van der Waals surface area contributed by atoms with Crippen LogP contribution in [0, 0.1) is 5.92 Å². The van der Waals surface area contributed by atoms with Crippen LogP contribution in [0.1, 0.15) is 12.8 Å². The molecule has 1 fully saturated rings. The molecule has 1 aliphatic rings. The van der Waals surface area contributed by atoms with E-state index in [0.29, 0.717) is 0 Å². The van der Waals surface area contributed by atoms with Crippen LogP contribution in [0.5, 0.6) is 0 Å². The Kier molecular flexibility index (Phi) is 3.50. The monoisotopic (exact) mass is 206 g/mol. The molecule has 0 aromatic carbocycles. The summed E-state index contributed by atoms with van der Waals surface area (Å²) in [5, 5.41) is 11.4. The second-order valence-corrected chi connectivity index (χ2v) is 4.16. The van der Waals surface area contributed by atoms with Crippen molar-refractivity contribution in [1.82, 2.24) is 15.5 Å². The molecule has 0 unspecified atom stereocenters. The quantitative estimate of drug-likeness (QED) is 0.798. The summed E-state index contributed by atoms with van der Waals surface area (Å²) in [4.78, 5) is 2.20. The van der Waals surface area contributed by atoms with Gasteiger partial charge in [-0.2, -0.15) is 5.10 Å². The molecule has 2 rings (SSSR count). The predicted octanol–water partition coefficient (Wildman–Crippen LogP) is 0.912. The SMILES string of the molecule is CN(CC1CCNCC1)c1cccnn1. The van der Waals surface area contributed by atoms with Gasteiger partial charge in [0.15, 0.2) is 5.82 Å². The minimum atomic E-state index is 0.790. The molecule has 4 nitrogen and oxygen atoms in total. The van der Waals surface area contributed by atoms with Gasteiger partial charge in [0.05, 0.1) is 0 Å². The van der Waals surface area contributed by atoms with Crippen molar-refractivity contribution < 1.29 is 0 Å². The minimum Gasteiger partial charge on any atom is -0.358 e. The lowest BCUT2D eigenvalue weighted by Gasteiger charge is -2.27. The Balaban J connectivity index is 1.88. The summed E-state index contributed by atoms with van der Waals surface area (Å²) in [6.45, 7) is 3.39.